The first-order valence-electron chi connectivity index (χ1n) is 9.27. The molecule has 4 nitrogen and oxygen atoms in total. The minimum atomic E-state index is -0.249. The van der Waals surface area contributed by atoms with Gasteiger partial charge in [-0.05, 0) is 56.4 Å². The van der Waals surface area contributed by atoms with E-state index in [4.69, 9.17) is 4.74 Å². The Morgan fingerprint density at radius 2 is 1.92 bits per heavy atom. The molecule has 1 N–H and O–H groups in total. The van der Waals surface area contributed by atoms with Crippen LogP contribution in [0.3, 0.4) is 0 Å². The molecule has 1 heterocycles. The van der Waals surface area contributed by atoms with Crippen LogP contribution in [0.5, 0.6) is 5.75 Å². The van der Waals surface area contributed by atoms with Gasteiger partial charge in [-0.15, -0.1) is 0 Å². The highest BCUT2D eigenvalue weighted by Gasteiger charge is 2.24. The molecule has 0 aromatic heterocycles. The minimum absolute atomic E-state index is 0.159. The average molecular weight is 346 g/mol. The number of rotatable bonds is 6. The van der Waals surface area contributed by atoms with Gasteiger partial charge < -0.3 is 10.1 Å². The summed E-state index contributed by atoms with van der Waals surface area (Å²) in [4.78, 5) is 14.7. The van der Waals surface area contributed by atoms with E-state index < -0.39 is 0 Å². The van der Waals surface area contributed by atoms with Crippen LogP contribution in [0.25, 0.3) is 0 Å². The molecule has 1 fully saturated rings. The number of carbonyl (C=O) groups excluding carboxylic acids is 1. The standard InChI is InChI=1S/C20H27FN2O2/c21-17-6-8-19(9-7-17)25-15-14-23-12-10-18(11-13-23)22-20(24)16-4-2-1-3-5-16/h1-2,6-9,16,18H,3-5,10-15H2,(H,22,24)/t16-/m0/s1. The van der Waals surface area contributed by atoms with Crippen LogP contribution in [0.2, 0.25) is 0 Å². The fourth-order valence-electron chi connectivity index (χ4n) is 3.48. The lowest BCUT2D eigenvalue weighted by atomic mass is 9.93. The predicted molar refractivity (Wildman–Crippen MR) is 96.0 cm³/mol. The van der Waals surface area contributed by atoms with Gasteiger partial charge in [0.15, 0.2) is 0 Å². The van der Waals surface area contributed by atoms with Crippen LogP contribution in [-0.4, -0.2) is 43.1 Å². The molecule has 2 aliphatic rings. The lowest BCUT2D eigenvalue weighted by molar-refractivity contribution is -0.126. The highest BCUT2D eigenvalue weighted by Crippen LogP contribution is 2.19. The van der Waals surface area contributed by atoms with Crippen molar-refractivity contribution in [3.05, 3.63) is 42.2 Å². The Bertz CT molecular complexity index is 580. The molecular formula is C20H27FN2O2. The predicted octanol–water partition coefficient (Wildman–Crippen LogP) is 3.14. The number of benzene rings is 1. The lowest BCUT2D eigenvalue weighted by Gasteiger charge is -2.33. The maximum absolute atomic E-state index is 12.8. The third kappa shape index (κ3) is 5.56. The van der Waals surface area contributed by atoms with Gasteiger partial charge in [0, 0.05) is 31.6 Å². The Morgan fingerprint density at radius 1 is 1.16 bits per heavy atom. The average Bonchev–Trinajstić information content (AvgIpc) is 2.65. The first kappa shape index (κ1) is 17.9. The Kier molecular flexibility index (Phi) is 6.45. The van der Waals surface area contributed by atoms with Crippen molar-refractivity contribution < 1.29 is 13.9 Å². The van der Waals surface area contributed by atoms with Crippen LogP contribution in [0.4, 0.5) is 4.39 Å². The van der Waals surface area contributed by atoms with Crippen molar-refractivity contribution >= 4 is 5.91 Å². The number of halogens is 1. The second-order valence-corrected chi connectivity index (χ2v) is 6.91. The van der Waals surface area contributed by atoms with Gasteiger partial charge in [-0.1, -0.05) is 12.2 Å². The number of hydrogen-bond acceptors (Lipinski definition) is 3. The monoisotopic (exact) mass is 346 g/mol. The molecule has 1 aromatic rings. The summed E-state index contributed by atoms with van der Waals surface area (Å²) in [5, 5.41) is 3.23. The van der Waals surface area contributed by atoms with Gasteiger partial charge in [0.1, 0.15) is 18.2 Å². The molecule has 5 heteroatoms. The molecule has 0 spiro atoms. The number of amides is 1. The molecule has 1 saturated heterocycles. The Morgan fingerprint density at radius 3 is 2.60 bits per heavy atom. The van der Waals surface area contributed by atoms with Gasteiger partial charge in [0.05, 0.1) is 0 Å². The smallest absolute Gasteiger partial charge is 0.223 e. The summed E-state index contributed by atoms with van der Waals surface area (Å²) in [5.74, 6) is 0.834. The maximum atomic E-state index is 12.8. The van der Waals surface area contributed by atoms with Crippen LogP contribution in [0, 0.1) is 11.7 Å². The molecule has 0 radical (unpaired) electrons. The van der Waals surface area contributed by atoms with Crippen molar-refractivity contribution in [1.29, 1.82) is 0 Å². The van der Waals surface area contributed by atoms with Crippen LogP contribution < -0.4 is 10.1 Å². The van der Waals surface area contributed by atoms with E-state index in [2.05, 4.69) is 22.4 Å². The van der Waals surface area contributed by atoms with Gasteiger partial charge in [-0.3, -0.25) is 9.69 Å². The quantitative estimate of drug-likeness (QED) is 0.805. The SMILES string of the molecule is O=C(NC1CCN(CCOc2ccc(F)cc2)CC1)[C@H]1CC=CCC1. The fraction of sp³-hybridized carbons (Fsp3) is 0.550. The summed E-state index contributed by atoms with van der Waals surface area (Å²) in [6, 6.07) is 6.42. The number of allylic oxidation sites excluding steroid dienone is 2. The van der Waals surface area contributed by atoms with Crippen LogP contribution in [0.15, 0.2) is 36.4 Å². The third-order valence-corrected chi connectivity index (χ3v) is 5.06. The highest BCUT2D eigenvalue weighted by atomic mass is 19.1. The zero-order valence-electron chi connectivity index (χ0n) is 14.6. The first-order chi connectivity index (χ1) is 12.2. The normalized spacial score (nSPS) is 21.9. The van der Waals surface area contributed by atoms with E-state index >= 15 is 0 Å². The van der Waals surface area contributed by atoms with Crippen LogP contribution in [-0.2, 0) is 4.79 Å². The molecule has 0 saturated carbocycles. The van der Waals surface area contributed by atoms with E-state index in [0.29, 0.717) is 18.4 Å². The molecule has 136 valence electrons. The Labute approximate surface area is 149 Å². The minimum Gasteiger partial charge on any atom is -0.492 e. The van der Waals surface area contributed by atoms with E-state index in [0.717, 1.165) is 51.7 Å². The molecule has 1 aliphatic carbocycles. The molecule has 3 rings (SSSR count). The summed E-state index contributed by atoms with van der Waals surface area (Å²) in [7, 11) is 0. The maximum Gasteiger partial charge on any atom is 0.223 e. The number of nitrogens with one attached hydrogen (secondary N) is 1. The van der Waals surface area contributed by atoms with E-state index in [1.54, 1.807) is 12.1 Å². The molecule has 1 atom stereocenters. The summed E-state index contributed by atoms with van der Waals surface area (Å²) in [5.41, 5.74) is 0. The van der Waals surface area contributed by atoms with Crippen LogP contribution in [0.1, 0.15) is 32.1 Å². The number of hydrogen-bond donors (Lipinski definition) is 1. The number of ether oxygens (including phenoxy) is 1. The Hall–Kier alpha value is -1.88. The molecule has 0 unspecified atom stereocenters. The summed E-state index contributed by atoms with van der Waals surface area (Å²) >= 11 is 0. The molecule has 0 bridgehead atoms. The van der Waals surface area contributed by atoms with Gasteiger partial charge in [-0.2, -0.15) is 0 Å². The van der Waals surface area contributed by atoms with E-state index in [1.165, 1.54) is 12.1 Å². The summed E-state index contributed by atoms with van der Waals surface area (Å²) in [6.45, 7) is 3.40. The number of likely N-dealkylation sites (tertiary alicyclic amines) is 1. The van der Waals surface area contributed by atoms with Crippen LogP contribution >= 0.6 is 0 Å². The van der Waals surface area contributed by atoms with Gasteiger partial charge in [0.2, 0.25) is 5.91 Å². The summed E-state index contributed by atoms with van der Waals surface area (Å²) < 4.78 is 18.5. The molecule has 1 aromatic carbocycles. The molecule has 1 aliphatic heterocycles. The van der Waals surface area contributed by atoms with Crippen molar-refractivity contribution in [2.75, 3.05) is 26.2 Å². The van der Waals surface area contributed by atoms with E-state index in [9.17, 15) is 9.18 Å². The Balaban J connectivity index is 1.32. The van der Waals surface area contributed by atoms with Crippen molar-refractivity contribution in [1.82, 2.24) is 10.2 Å². The fourth-order valence-corrected chi connectivity index (χ4v) is 3.48. The first-order valence-corrected chi connectivity index (χ1v) is 9.27. The molecule has 25 heavy (non-hydrogen) atoms. The van der Waals surface area contributed by atoms with E-state index in [-0.39, 0.29) is 17.6 Å². The largest absolute Gasteiger partial charge is 0.492 e. The van der Waals surface area contributed by atoms with E-state index in [1.807, 2.05) is 0 Å². The topological polar surface area (TPSA) is 41.6 Å². The number of nitrogens with zero attached hydrogens (tertiary/aromatic N) is 1. The number of piperidine rings is 1. The second kappa shape index (κ2) is 8.99. The van der Waals surface area contributed by atoms with Gasteiger partial charge in [-0.25, -0.2) is 4.39 Å². The zero-order valence-corrected chi connectivity index (χ0v) is 14.6. The number of carbonyl (C=O) groups is 1. The van der Waals surface area contributed by atoms with Crippen molar-refractivity contribution in [3.63, 3.8) is 0 Å². The zero-order chi connectivity index (χ0) is 17.5. The van der Waals surface area contributed by atoms with Crippen molar-refractivity contribution in [2.45, 2.75) is 38.1 Å². The van der Waals surface area contributed by atoms with Gasteiger partial charge in [0.25, 0.3) is 0 Å². The highest BCUT2D eigenvalue weighted by molar-refractivity contribution is 5.79. The summed E-state index contributed by atoms with van der Waals surface area (Å²) in [6.07, 6.45) is 9.14. The van der Waals surface area contributed by atoms with Crippen molar-refractivity contribution in [3.8, 4) is 5.75 Å². The molecular weight excluding hydrogens is 319 g/mol. The third-order valence-electron chi connectivity index (χ3n) is 5.06. The van der Waals surface area contributed by atoms with Crippen molar-refractivity contribution in [2.24, 2.45) is 5.92 Å². The van der Waals surface area contributed by atoms with Gasteiger partial charge >= 0.3 is 0 Å². The lowest BCUT2D eigenvalue weighted by Crippen LogP contribution is -2.47. The second-order valence-electron chi connectivity index (χ2n) is 6.91. The molecule has 1 amide bonds.